The zero-order chi connectivity index (χ0) is 15.5. The lowest BCUT2D eigenvalue weighted by Gasteiger charge is -2.31. The predicted molar refractivity (Wildman–Crippen MR) is 82.7 cm³/mol. The van der Waals surface area contributed by atoms with Gasteiger partial charge in [-0.15, -0.1) is 0 Å². The van der Waals surface area contributed by atoms with E-state index in [2.05, 4.69) is 25.9 Å². The van der Waals surface area contributed by atoms with E-state index in [-0.39, 0.29) is 12.0 Å². The molecule has 0 saturated carbocycles. The molecule has 3 heterocycles. The van der Waals surface area contributed by atoms with Crippen LogP contribution in [-0.4, -0.2) is 40.0 Å². The number of aryl methyl sites for hydroxylation is 1. The molecule has 1 aliphatic heterocycles. The molecule has 3 rings (SSSR count). The van der Waals surface area contributed by atoms with Gasteiger partial charge in [-0.25, -0.2) is 4.98 Å². The first-order valence-corrected chi connectivity index (χ1v) is 7.92. The Morgan fingerprint density at radius 1 is 1.36 bits per heavy atom. The summed E-state index contributed by atoms with van der Waals surface area (Å²) in [6.07, 6.45) is 3.31. The number of furan rings is 1. The molecule has 0 spiro atoms. The molecule has 0 aromatic carbocycles. The van der Waals surface area contributed by atoms with Gasteiger partial charge in [0.15, 0.2) is 10.4 Å². The van der Waals surface area contributed by atoms with Crippen LogP contribution in [0.2, 0.25) is 0 Å². The van der Waals surface area contributed by atoms with Crippen LogP contribution in [-0.2, 0) is 0 Å². The molecule has 116 valence electrons. The predicted octanol–water partition coefficient (Wildman–Crippen LogP) is 2.82. The fourth-order valence-electron chi connectivity index (χ4n) is 2.43. The molecule has 0 atom stereocenters. The quantitative estimate of drug-likeness (QED) is 0.836. The fraction of sp³-hybridized carbons (Fsp3) is 0.400. The average molecular weight is 366 g/mol. The second kappa shape index (κ2) is 6.48. The molecule has 7 heteroatoms. The first-order chi connectivity index (χ1) is 10.6. The van der Waals surface area contributed by atoms with Crippen molar-refractivity contribution in [2.75, 3.05) is 13.1 Å². The van der Waals surface area contributed by atoms with E-state index in [9.17, 15) is 4.79 Å². The summed E-state index contributed by atoms with van der Waals surface area (Å²) in [5, 5.41) is 0. The summed E-state index contributed by atoms with van der Waals surface area (Å²) < 4.78 is 11.7. The number of carbonyl (C=O) groups excluding carboxylic acids is 1. The number of aromatic nitrogens is 2. The van der Waals surface area contributed by atoms with E-state index in [4.69, 9.17) is 9.15 Å². The molecule has 1 aliphatic rings. The lowest BCUT2D eigenvalue weighted by atomic mass is 10.1. The van der Waals surface area contributed by atoms with E-state index in [1.807, 2.05) is 6.92 Å². The van der Waals surface area contributed by atoms with Gasteiger partial charge >= 0.3 is 0 Å². The van der Waals surface area contributed by atoms with Gasteiger partial charge in [-0.3, -0.25) is 4.79 Å². The molecule has 22 heavy (non-hydrogen) atoms. The van der Waals surface area contributed by atoms with Crippen molar-refractivity contribution in [3.63, 3.8) is 0 Å². The third-order valence-electron chi connectivity index (χ3n) is 3.55. The fourth-order valence-corrected chi connectivity index (χ4v) is 2.74. The highest BCUT2D eigenvalue weighted by Crippen LogP contribution is 2.20. The molecule has 0 radical (unpaired) electrons. The number of nitrogens with zero attached hydrogens (tertiary/aromatic N) is 3. The number of piperidine rings is 1. The number of amides is 1. The molecule has 0 bridgehead atoms. The summed E-state index contributed by atoms with van der Waals surface area (Å²) in [5.41, 5.74) is 0. The Balaban J connectivity index is 1.55. The second-order valence-electron chi connectivity index (χ2n) is 5.16. The van der Waals surface area contributed by atoms with Crippen LogP contribution in [0.1, 0.15) is 29.2 Å². The molecule has 1 fully saturated rings. The van der Waals surface area contributed by atoms with E-state index in [1.165, 1.54) is 0 Å². The molecule has 0 unspecified atom stereocenters. The Morgan fingerprint density at radius 2 is 2.14 bits per heavy atom. The number of rotatable bonds is 3. The SMILES string of the molecule is Cc1nccc(OC2CCN(C(=O)c3ccc(Br)o3)CC2)n1. The minimum Gasteiger partial charge on any atom is -0.474 e. The molecular weight excluding hydrogens is 350 g/mol. The van der Waals surface area contributed by atoms with Crippen molar-refractivity contribution in [3.8, 4) is 5.88 Å². The Kier molecular flexibility index (Phi) is 4.42. The lowest BCUT2D eigenvalue weighted by molar-refractivity contribution is 0.0558. The topological polar surface area (TPSA) is 68.5 Å². The summed E-state index contributed by atoms with van der Waals surface area (Å²) in [5.74, 6) is 1.56. The van der Waals surface area contributed by atoms with Crippen LogP contribution in [0.25, 0.3) is 0 Å². The Bertz CT molecular complexity index is 666. The van der Waals surface area contributed by atoms with Gasteiger partial charge in [0, 0.05) is 38.2 Å². The van der Waals surface area contributed by atoms with Crippen molar-refractivity contribution >= 4 is 21.8 Å². The van der Waals surface area contributed by atoms with Gasteiger partial charge in [0.1, 0.15) is 11.9 Å². The highest BCUT2D eigenvalue weighted by Gasteiger charge is 2.26. The molecule has 0 aliphatic carbocycles. The number of carbonyl (C=O) groups is 1. The van der Waals surface area contributed by atoms with Crippen molar-refractivity contribution in [2.24, 2.45) is 0 Å². The van der Waals surface area contributed by atoms with Crippen LogP contribution in [0.15, 0.2) is 33.5 Å². The monoisotopic (exact) mass is 365 g/mol. The van der Waals surface area contributed by atoms with Crippen LogP contribution in [0.5, 0.6) is 5.88 Å². The Morgan fingerprint density at radius 3 is 2.77 bits per heavy atom. The van der Waals surface area contributed by atoms with E-state index in [1.54, 1.807) is 29.3 Å². The molecule has 1 saturated heterocycles. The van der Waals surface area contributed by atoms with Gasteiger partial charge in [0.25, 0.3) is 5.91 Å². The maximum Gasteiger partial charge on any atom is 0.289 e. The van der Waals surface area contributed by atoms with Crippen LogP contribution >= 0.6 is 15.9 Å². The highest BCUT2D eigenvalue weighted by molar-refractivity contribution is 9.10. The molecule has 2 aromatic heterocycles. The lowest BCUT2D eigenvalue weighted by Crippen LogP contribution is -2.41. The van der Waals surface area contributed by atoms with Gasteiger partial charge in [-0.1, -0.05) is 0 Å². The molecule has 6 nitrogen and oxygen atoms in total. The Labute approximate surface area is 136 Å². The minimum atomic E-state index is -0.0815. The van der Waals surface area contributed by atoms with E-state index >= 15 is 0 Å². The van der Waals surface area contributed by atoms with Crippen molar-refractivity contribution < 1.29 is 13.9 Å². The number of ether oxygens (including phenoxy) is 1. The summed E-state index contributed by atoms with van der Waals surface area (Å²) in [6, 6.07) is 5.16. The Hall–Kier alpha value is -1.89. The zero-order valence-corrected chi connectivity index (χ0v) is 13.7. The standard InChI is InChI=1S/C15H16BrN3O3/c1-10-17-7-4-14(18-10)21-11-5-8-19(9-6-11)15(20)12-2-3-13(16)22-12/h2-4,7,11H,5-6,8-9H2,1H3. The summed E-state index contributed by atoms with van der Waals surface area (Å²) in [6.45, 7) is 3.12. The summed E-state index contributed by atoms with van der Waals surface area (Å²) >= 11 is 3.21. The second-order valence-corrected chi connectivity index (χ2v) is 5.94. The normalized spacial score (nSPS) is 15.8. The maximum atomic E-state index is 12.3. The van der Waals surface area contributed by atoms with Gasteiger partial charge in [-0.2, -0.15) is 4.98 Å². The van der Waals surface area contributed by atoms with E-state index in [0.29, 0.717) is 35.2 Å². The van der Waals surface area contributed by atoms with Crippen molar-refractivity contribution in [2.45, 2.75) is 25.9 Å². The molecule has 2 aromatic rings. The van der Waals surface area contributed by atoms with E-state index in [0.717, 1.165) is 12.8 Å². The third kappa shape index (κ3) is 3.47. The number of hydrogen-bond donors (Lipinski definition) is 0. The number of likely N-dealkylation sites (tertiary alicyclic amines) is 1. The van der Waals surface area contributed by atoms with Crippen molar-refractivity contribution in [3.05, 3.63) is 40.7 Å². The largest absolute Gasteiger partial charge is 0.474 e. The first kappa shape index (κ1) is 15.0. The van der Waals surface area contributed by atoms with Gasteiger partial charge in [0.2, 0.25) is 5.88 Å². The average Bonchev–Trinajstić information content (AvgIpc) is 2.94. The van der Waals surface area contributed by atoms with Crippen LogP contribution < -0.4 is 4.74 Å². The zero-order valence-electron chi connectivity index (χ0n) is 12.2. The van der Waals surface area contributed by atoms with E-state index < -0.39 is 0 Å². The first-order valence-electron chi connectivity index (χ1n) is 7.13. The molecular formula is C15H16BrN3O3. The summed E-state index contributed by atoms with van der Waals surface area (Å²) in [4.78, 5) is 22.3. The summed E-state index contributed by atoms with van der Waals surface area (Å²) in [7, 11) is 0. The smallest absolute Gasteiger partial charge is 0.289 e. The van der Waals surface area contributed by atoms with Crippen LogP contribution in [0.3, 0.4) is 0 Å². The van der Waals surface area contributed by atoms with Gasteiger partial charge in [-0.05, 0) is 35.0 Å². The maximum absolute atomic E-state index is 12.3. The van der Waals surface area contributed by atoms with Gasteiger partial charge in [0.05, 0.1) is 0 Å². The number of hydrogen-bond acceptors (Lipinski definition) is 5. The van der Waals surface area contributed by atoms with Gasteiger partial charge < -0.3 is 14.1 Å². The van der Waals surface area contributed by atoms with Crippen molar-refractivity contribution in [1.82, 2.24) is 14.9 Å². The van der Waals surface area contributed by atoms with Crippen molar-refractivity contribution in [1.29, 1.82) is 0 Å². The van der Waals surface area contributed by atoms with Crippen LogP contribution in [0.4, 0.5) is 0 Å². The molecule has 0 N–H and O–H groups in total. The highest BCUT2D eigenvalue weighted by atomic mass is 79.9. The van der Waals surface area contributed by atoms with Crippen LogP contribution in [0, 0.1) is 6.92 Å². The number of halogens is 1. The minimum absolute atomic E-state index is 0.0710. The molecule has 1 amide bonds. The third-order valence-corrected chi connectivity index (χ3v) is 3.98.